The maximum absolute atomic E-state index is 14.5. The molecule has 2 aromatic heterocycles. The third-order valence-electron chi connectivity index (χ3n) is 6.35. The van der Waals surface area contributed by atoms with Gasteiger partial charge in [-0.1, -0.05) is 17.7 Å². The Morgan fingerprint density at radius 3 is 2.44 bits per heavy atom. The summed E-state index contributed by atoms with van der Waals surface area (Å²) in [5.41, 5.74) is -0.345. The topological polar surface area (TPSA) is 68.0 Å². The number of amides is 1. The van der Waals surface area contributed by atoms with Gasteiger partial charge in [0.1, 0.15) is 5.69 Å². The van der Waals surface area contributed by atoms with Crippen molar-refractivity contribution in [2.45, 2.75) is 49.9 Å². The van der Waals surface area contributed by atoms with Gasteiger partial charge >= 0.3 is 12.1 Å². The Bertz CT molecular complexity index is 1320. The zero-order chi connectivity index (χ0) is 26.0. The van der Waals surface area contributed by atoms with E-state index in [-0.39, 0.29) is 40.1 Å². The molecule has 0 aliphatic heterocycles. The lowest BCUT2D eigenvalue weighted by Crippen LogP contribution is -2.36. The van der Waals surface area contributed by atoms with E-state index in [1.165, 1.54) is 36.1 Å². The van der Waals surface area contributed by atoms with Gasteiger partial charge in [0.15, 0.2) is 11.5 Å². The maximum atomic E-state index is 14.5. The molecule has 36 heavy (non-hydrogen) atoms. The van der Waals surface area contributed by atoms with Crippen molar-refractivity contribution < 1.29 is 26.7 Å². The monoisotopic (exact) mass is 528 g/mol. The number of hydrogen-bond donors (Lipinski definition) is 1. The summed E-state index contributed by atoms with van der Waals surface area (Å²) in [4.78, 5) is 13.9. The van der Waals surface area contributed by atoms with Gasteiger partial charge in [-0.05, 0) is 43.4 Å². The van der Waals surface area contributed by atoms with Crippen LogP contribution in [0.25, 0.3) is 16.9 Å². The standard InChI is InChI=1S/C23H22ClF5N6O/c1-33(15-6-7-15)18-19(22(25,26)23(27,28)29)32-34(2)21(18)35-11-13(10-30-35)12-3-8-17(24)16(9-12)20(36)31-14-4-5-14/h3,8-11,14-15H,4-7H2,1-2H3,(H,31,36). The number of carbonyl (C=O) groups is 1. The van der Waals surface area contributed by atoms with Gasteiger partial charge in [0.25, 0.3) is 5.91 Å². The fourth-order valence-electron chi connectivity index (χ4n) is 4.03. The summed E-state index contributed by atoms with van der Waals surface area (Å²) in [6.45, 7) is 0. The number of aryl methyl sites for hydroxylation is 1. The van der Waals surface area contributed by atoms with E-state index in [0.717, 1.165) is 17.5 Å². The number of halogens is 6. The minimum atomic E-state index is -5.81. The van der Waals surface area contributed by atoms with Gasteiger partial charge < -0.3 is 10.2 Å². The predicted molar refractivity (Wildman–Crippen MR) is 123 cm³/mol. The molecule has 3 aromatic rings. The molecule has 2 saturated carbocycles. The lowest BCUT2D eigenvalue weighted by molar-refractivity contribution is -0.290. The molecule has 2 fully saturated rings. The Balaban J connectivity index is 1.56. The van der Waals surface area contributed by atoms with E-state index in [0.29, 0.717) is 24.0 Å². The maximum Gasteiger partial charge on any atom is 0.459 e. The van der Waals surface area contributed by atoms with Crippen molar-refractivity contribution in [3.63, 3.8) is 0 Å². The third kappa shape index (κ3) is 4.31. The fraction of sp³-hybridized carbons (Fsp3) is 0.435. The minimum Gasteiger partial charge on any atom is -0.367 e. The Morgan fingerprint density at radius 2 is 1.83 bits per heavy atom. The molecule has 2 heterocycles. The summed E-state index contributed by atoms with van der Waals surface area (Å²) in [6.07, 6.45) is 0.268. The number of nitrogens with zero attached hydrogens (tertiary/aromatic N) is 5. The number of nitrogens with one attached hydrogen (secondary N) is 1. The number of aromatic nitrogens is 4. The summed E-state index contributed by atoms with van der Waals surface area (Å²) in [6, 6.07) is 4.78. The summed E-state index contributed by atoms with van der Waals surface area (Å²) >= 11 is 6.22. The average molecular weight is 529 g/mol. The van der Waals surface area contributed by atoms with E-state index >= 15 is 0 Å². The summed E-state index contributed by atoms with van der Waals surface area (Å²) in [5.74, 6) is -5.50. The molecule has 2 aliphatic carbocycles. The Labute approximate surface area is 207 Å². The second-order valence-corrected chi connectivity index (χ2v) is 9.58. The van der Waals surface area contributed by atoms with Crippen molar-refractivity contribution in [3.8, 4) is 16.9 Å². The van der Waals surface area contributed by atoms with Crippen LogP contribution in [0.2, 0.25) is 5.02 Å². The van der Waals surface area contributed by atoms with E-state index < -0.39 is 17.8 Å². The first-order chi connectivity index (χ1) is 16.9. The molecule has 1 N–H and O–H groups in total. The number of anilines is 1. The number of hydrogen-bond acceptors (Lipinski definition) is 4. The van der Waals surface area contributed by atoms with Crippen LogP contribution in [0.15, 0.2) is 30.6 Å². The van der Waals surface area contributed by atoms with Crippen LogP contribution >= 0.6 is 11.6 Å². The van der Waals surface area contributed by atoms with Gasteiger partial charge in [-0.15, -0.1) is 0 Å². The minimum absolute atomic E-state index is 0.0322. The largest absolute Gasteiger partial charge is 0.459 e. The summed E-state index contributed by atoms with van der Waals surface area (Å²) in [7, 11) is 2.77. The first kappa shape index (κ1) is 24.5. The second-order valence-electron chi connectivity index (χ2n) is 9.17. The van der Waals surface area contributed by atoms with Crippen LogP contribution in [0.4, 0.5) is 27.6 Å². The number of benzene rings is 1. The average Bonchev–Trinajstić information content (AvgIpc) is 3.73. The fourth-order valence-corrected chi connectivity index (χ4v) is 4.24. The van der Waals surface area contributed by atoms with Crippen molar-refractivity contribution in [2.75, 3.05) is 11.9 Å². The Hall–Kier alpha value is -3.15. The highest BCUT2D eigenvalue weighted by Gasteiger charge is 2.62. The molecule has 7 nitrogen and oxygen atoms in total. The first-order valence-electron chi connectivity index (χ1n) is 11.3. The molecule has 13 heteroatoms. The van der Waals surface area contributed by atoms with E-state index in [1.807, 2.05) is 0 Å². The highest BCUT2D eigenvalue weighted by Crippen LogP contribution is 2.49. The van der Waals surface area contributed by atoms with Gasteiger partial charge in [0.2, 0.25) is 0 Å². The predicted octanol–water partition coefficient (Wildman–Crippen LogP) is 5.07. The molecule has 0 bridgehead atoms. The van der Waals surface area contributed by atoms with Crippen molar-refractivity contribution >= 4 is 23.2 Å². The number of alkyl halides is 5. The number of carbonyl (C=O) groups excluding carboxylic acids is 1. The zero-order valence-corrected chi connectivity index (χ0v) is 20.0. The van der Waals surface area contributed by atoms with E-state index in [1.54, 1.807) is 18.2 Å². The van der Waals surface area contributed by atoms with Crippen molar-refractivity contribution in [1.29, 1.82) is 0 Å². The highest BCUT2D eigenvalue weighted by atomic mass is 35.5. The highest BCUT2D eigenvalue weighted by molar-refractivity contribution is 6.34. The van der Waals surface area contributed by atoms with E-state index in [4.69, 9.17) is 11.6 Å². The van der Waals surface area contributed by atoms with Gasteiger partial charge in [-0.25, -0.2) is 9.36 Å². The molecule has 0 unspecified atom stereocenters. The first-order valence-corrected chi connectivity index (χ1v) is 11.7. The molecule has 1 amide bonds. The van der Waals surface area contributed by atoms with Crippen LogP contribution in [0, 0.1) is 0 Å². The summed E-state index contributed by atoms with van der Waals surface area (Å²) in [5, 5.41) is 11.0. The van der Waals surface area contributed by atoms with Crippen LogP contribution in [0.1, 0.15) is 41.7 Å². The third-order valence-corrected chi connectivity index (χ3v) is 6.68. The van der Waals surface area contributed by atoms with Gasteiger partial charge in [-0.2, -0.15) is 32.1 Å². The normalized spacial score (nSPS) is 16.3. The molecular formula is C23H22ClF5N6O. The van der Waals surface area contributed by atoms with Gasteiger partial charge in [0.05, 0.1) is 16.8 Å². The van der Waals surface area contributed by atoms with Gasteiger partial charge in [0, 0.05) is 37.9 Å². The van der Waals surface area contributed by atoms with Crippen LogP contribution in [0.5, 0.6) is 0 Å². The van der Waals surface area contributed by atoms with Crippen LogP contribution in [0.3, 0.4) is 0 Å². The van der Waals surface area contributed by atoms with E-state index in [9.17, 15) is 26.7 Å². The summed E-state index contributed by atoms with van der Waals surface area (Å²) < 4.78 is 71.0. The molecule has 0 atom stereocenters. The SMILES string of the molecule is CN(c1c(C(F)(F)C(F)(F)F)nn(C)c1-n1cc(-c2ccc(Cl)c(C(=O)NC3CC3)c2)cn1)C1CC1. The molecule has 0 saturated heterocycles. The number of rotatable bonds is 7. The van der Waals surface area contributed by atoms with Crippen LogP contribution < -0.4 is 10.2 Å². The van der Waals surface area contributed by atoms with Crippen LogP contribution in [-0.4, -0.2) is 50.8 Å². The quantitative estimate of drug-likeness (QED) is 0.435. The molecule has 0 radical (unpaired) electrons. The molecule has 1 aromatic carbocycles. The Morgan fingerprint density at radius 1 is 1.14 bits per heavy atom. The second kappa shape index (κ2) is 8.46. The zero-order valence-electron chi connectivity index (χ0n) is 19.3. The molecule has 5 rings (SSSR count). The van der Waals surface area contributed by atoms with Crippen molar-refractivity contribution in [1.82, 2.24) is 24.9 Å². The molecule has 192 valence electrons. The lowest BCUT2D eigenvalue weighted by atomic mass is 10.1. The van der Waals surface area contributed by atoms with E-state index in [2.05, 4.69) is 15.5 Å². The van der Waals surface area contributed by atoms with Crippen molar-refractivity contribution in [2.24, 2.45) is 7.05 Å². The van der Waals surface area contributed by atoms with Crippen LogP contribution in [-0.2, 0) is 13.0 Å². The lowest BCUT2D eigenvalue weighted by Gasteiger charge is -2.24. The molecular weight excluding hydrogens is 507 g/mol. The molecule has 0 spiro atoms. The smallest absolute Gasteiger partial charge is 0.367 e. The Kier molecular flexibility index (Phi) is 5.77. The molecule has 2 aliphatic rings. The van der Waals surface area contributed by atoms with Crippen molar-refractivity contribution in [3.05, 3.63) is 46.9 Å². The van der Waals surface area contributed by atoms with Gasteiger partial charge in [-0.3, -0.25) is 4.79 Å².